The second-order valence-electron chi connectivity index (χ2n) is 5.50. The smallest absolute Gasteiger partial charge is 0.229 e. The molecule has 0 radical (unpaired) electrons. The fraction of sp³-hybridized carbons (Fsp3) is 0.500. The van der Waals surface area contributed by atoms with Crippen LogP contribution in [0.4, 0.5) is 11.4 Å². The molecule has 0 aliphatic rings. The predicted molar refractivity (Wildman–Crippen MR) is 76.1 cm³/mol. The van der Waals surface area contributed by atoms with E-state index in [1.807, 2.05) is 32.9 Å². The number of nitrogens with one attached hydrogen (secondary N) is 2. The van der Waals surface area contributed by atoms with E-state index in [0.717, 1.165) is 11.4 Å². The first-order valence-corrected chi connectivity index (χ1v) is 6.27. The van der Waals surface area contributed by atoms with Gasteiger partial charge in [0.2, 0.25) is 5.91 Å². The van der Waals surface area contributed by atoms with Crippen molar-refractivity contribution in [2.24, 2.45) is 5.41 Å². The van der Waals surface area contributed by atoms with Crippen molar-refractivity contribution >= 4 is 17.3 Å². The maximum Gasteiger partial charge on any atom is 0.229 e. The van der Waals surface area contributed by atoms with Crippen molar-refractivity contribution in [3.63, 3.8) is 0 Å². The molecule has 5 nitrogen and oxygen atoms in total. The Morgan fingerprint density at radius 2 is 1.74 bits per heavy atom. The number of aliphatic hydroxyl groups is 2. The highest BCUT2D eigenvalue weighted by Gasteiger charge is 2.20. The first-order chi connectivity index (χ1) is 8.82. The van der Waals surface area contributed by atoms with Gasteiger partial charge in [-0.15, -0.1) is 0 Å². The Bertz CT molecular complexity index is 410. The summed E-state index contributed by atoms with van der Waals surface area (Å²) in [6.45, 7) is 5.58. The van der Waals surface area contributed by atoms with E-state index < -0.39 is 11.5 Å². The zero-order chi connectivity index (χ0) is 14.5. The van der Waals surface area contributed by atoms with Crippen LogP contribution in [0.2, 0.25) is 0 Å². The van der Waals surface area contributed by atoms with Crippen LogP contribution in [0, 0.1) is 5.41 Å². The van der Waals surface area contributed by atoms with Gasteiger partial charge >= 0.3 is 0 Å². The van der Waals surface area contributed by atoms with Gasteiger partial charge in [-0.3, -0.25) is 4.79 Å². The largest absolute Gasteiger partial charge is 0.394 e. The first-order valence-electron chi connectivity index (χ1n) is 6.27. The molecule has 0 aromatic heterocycles. The van der Waals surface area contributed by atoms with Crippen molar-refractivity contribution in [1.29, 1.82) is 0 Å². The molecule has 106 valence electrons. The molecule has 0 fully saturated rings. The van der Waals surface area contributed by atoms with Gasteiger partial charge in [-0.2, -0.15) is 0 Å². The Morgan fingerprint density at radius 3 is 2.21 bits per heavy atom. The minimum atomic E-state index is -0.778. The van der Waals surface area contributed by atoms with Gasteiger partial charge in [0.15, 0.2) is 0 Å². The molecule has 0 aliphatic heterocycles. The average molecular weight is 266 g/mol. The molecule has 1 atom stereocenters. The van der Waals surface area contributed by atoms with Crippen LogP contribution >= 0.6 is 0 Å². The molecule has 1 aromatic rings. The molecular formula is C14H22N2O3. The summed E-state index contributed by atoms with van der Waals surface area (Å²) in [5.74, 6) is -0.0380. The van der Waals surface area contributed by atoms with E-state index in [2.05, 4.69) is 10.6 Å². The predicted octanol–water partition coefficient (Wildman–Crippen LogP) is 1.44. The molecule has 1 aromatic carbocycles. The maximum absolute atomic E-state index is 11.8. The summed E-state index contributed by atoms with van der Waals surface area (Å²) in [5.41, 5.74) is 1.12. The molecule has 5 heteroatoms. The zero-order valence-corrected chi connectivity index (χ0v) is 11.6. The third-order valence-electron chi connectivity index (χ3n) is 2.58. The summed E-state index contributed by atoms with van der Waals surface area (Å²) in [6.07, 6.45) is -0.778. The van der Waals surface area contributed by atoms with E-state index in [4.69, 9.17) is 5.11 Å². The minimum absolute atomic E-state index is 0.0380. The van der Waals surface area contributed by atoms with Gasteiger partial charge in [0, 0.05) is 23.3 Å². The van der Waals surface area contributed by atoms with Gasteiger partial charge in [-0.05, 0) is 24.3 Å². The van der Waals surface area contributed by atoms with Crippen molar-refractivity contribution in [2.75, 3.05) is 23.8 Å². The Hall–Kier alpha value is -1.59. The van der Waals surface area contributed by atoms with Crippen molar-refractivity contribution in [2.45, 2.75) is 26.9 Å². The quantitative estimate of drug-likeness (QED) is 0.650. The number of carbonyl (C=O) groups is 1. The number of aliphatic hydroxyl groups excluding tert-OH is 2. The lowest BCUT2D eigenvalue weighted by atomic mass is 9.95. The van der Waals surface area contributed by atoms with Crippen LogP contribution in [0.25, 0.3) is 0 Å². The molecule has 0 bridgehead atoms. The monoisotopic (exact) mass is 266 g/mol. The number of carbonyl (C=O) groups excluding carboxylic acids is 1. The first kappa shape index (κ1) is 15.5. The highest BCUT2D eigenvalue weighted by Crippen LogP contribution is 2.18. The molecule has 1 amide bonds. The highest BCUT2D eigenvalue weighted by molar-refractivity contribution is 5.94. The third kappa shape index (κ3) is 5.28. The molecule has 0 saturated carbocycles. The number of rotatable bonds is 5. The number of anilines is 2. The number of benzene rings is 1. The van der Waals surface area contributed by atoms with Crippen molar-refractivity contribution in [1.82, 2.24) is 0 Å². The standard InChI is InChI=1S/C14H22N2O3/c1-14(2,3)13(19)16-11-6-4-10(5-7-11)15-8-12(18)9-17/h4-7,12,15,17-18H,8-9H2,1-3H3,(H,16,19). The summed E-state index contributed by atoms with van der Waals surface area (Å²) in [7, 11) is 0. The van der Waals surface area contributed by atoms with E-state index in [1.165, 1.54) is 0 Å². The van der Waals surface area contributed by atoms with Crippen molar-refractivity contribution < 1.29 is 15.0 Å². The molecule has 1 unspecified atom stereocenters. The maximum atomic E-state index is 11.8. The summed E-state index contributed by atoms with van der Waals surface area (Å²) < 4.78 is 0. The van der Waals surface area contributed by atoms with E-state index in [1.54, 1.807) is 12.1 Å². The molecule has 0 aliphatic carbocycles. The Balaban J connectivity index is 2.55. The molecular weight excluding hydrogens is 244 g/mol. The Kier molecular flexibility index (Phi) is 5.32. The van der Waals surface area contributed by atoms with E-state index in [9.17, 15) is 9.90 Å². The Labute approximate surface area is 113 Å². The van der Waals surface area contributed by atoms with Gasteiger partial charge in [-0.1, -0.05) is 20.8 Å². The van der Waals surface area contributed by atoms with Crippen LogP contribution in [-0.4, -0.2) is 35.4 Å². The van der Waals surface area contributed by atoms with Crippen molar-refractivity contribution in [3.8, 4) is 0 Å². The van der Waals surface area contributed by atoms with Gasteiger partial charge in [0.05, 0.1) is 12.7 Å². The van der Waals surface area contributed by atoms with Crippen LogP contribution in [0.3, 0.4) is 0 Å². The fourth-order valence-corrected chi connectivity index (χ4v) is 1.29. The SMILES string of the molecule is CC(C)(C)C(=O)Nc1ccc(NCC(O)CO)cc1. The summed E-state index contributed by atoms with van der Waals surface area (Å²) in [5, 5.41) is 23.7. The fourth-order valence-electron chi connectivity index (χ4n) is 1.29. The third-order valence-corrected chi connectivity index (χ3v) is 2.58. The van der Waals surface area contributed by atoms with Gasteiger partial charge in [0.1, 0.15) is 0 Å². The summed E-state index contributed by atoms with van der Waals surface area (Å²) >= 11 is 0. The number of hydrogen-bond donors (Lipinski definition) is 4. The van der Waals surface area contributed by atoms with Crippen LogP contribution in [0.1, 0.15) is 20.8 Å². The van der Waals surface area contributed by atoms with Crippen LogP contribution in [-0.2, 0) is 4.79 Å². The van der Waals surface area contributed by atoms with Gasteiger partial charge in [0.25, 0.3) is 0 Å². The van der Waals surface area contributed by atoms with Crippen molar-refractivity contribution in [3.05, 3.63) is 24.3 Å². The van der Waals surface area contributed by atoms with Crippen LogP contribution in [0.5, 0.6) is 0 Å². The normalized spacial score (nSPS) is 12.9. The highest BCUT2D eigenvalue weighted by atomic mass is 16.3. The molecule has 0 saturated heterocycles. The van der Waals surface area contributed by atoms with E-state index >= 15 is 0 Å². The molecule has 1 rings (SSSR count). The average Bonchev–Trinajstić information content (AvgIpc) is 2.36. The van der Waals surface area contributed by atoms with E-state index in [0.29, 0.717) is 0 Å². The zero-order valence-electron chi connectivity index (χ0n) is 11.6. The molecule has 0 heterocycles. The second kappa shape index (κ2) is 6.54. The second-order valence-corrected chi connectivity index (χ2v) is 5.50. The Morgan fingerprint density at radius 1 is 1.21 bits per heavy atom. The van der Waals surface area contributed by atoms with E-state index in [-0.39, 0.29) is 19.1 Å². The molecule has 4 N–H and O–H groups in total. The minimum Gasteiger partial charge on any atom is -0.394 e. The van der Waals surface area contributed by atoms with Crippen LogP contribution in [0.15, 0.2) is 24.3 Å². The molecule has 0 spiro atoms. The van der Waals surface area contributed by atoms with Gasteiger partial charge in [-0.25, -0.2) is 0 Å². The van der Waals surface area contributed by atoms with Crippen LogP contribution < -0.4 is 10.6 Å². The molecule has 19 heavy (non-hydrogen) atoms. The lowest BCUT2D eigenvalue weighted by molar-refractivity contribution is -0.123. The summed E-state index contributed by atoms with van der Waals surface area (Å²) in [6, 6.07) is 7.19. The summed E-state index contributed by atoms with van der Waals surface area (Å²) in [4.78, 5) is 11.8. The lowest BCUT2D eigenvalue weighted by Crippen LogP contribution is -2.27. The number of amides is 1. The lowest BCUT2D eigenvalue weighted by Gasteiger charge is -2.18. The number of hydrogen-bond acceptors (Lipinski definition) is 4. The van der Waals surface area contributed by atoms with Gasteiger partial charge < -0.3 is 20.8 Å². The topological polar surface area (TPSA) is 81.6 Å².